The Morgan fingerprint density at radius 2 is 2.10 bits per heavy atom. The summed E-state index contributed by atoms with van der Waals surface area (Å²) >= 11 is 0. The Morgan fingerprint density at radius 3 is 2.80 bits per heavy atom. The van der Waals surface area contributed by atoms with Crippen LogP contribution in [0.15, 0.2) is 34.9 Å². The molecule has 6 heteroatoms. The van der Waals surface area contributed by atoms with Crippen molar-refractivity contribution in [3.63, 3.8) is 0 Å². The van der Waals surface area contributed by atoms with Gasteiger partial charge >= 0.3 is 0 Å². The standard InChI is InChI=1S/C14H16FN3O2/c15-11-3-1-10(2-4-11)14-18-12(9-20-14)6-8-17-13(19)5-7-16/h1-4,9H,5-8,16H2,(H,17,19). The van der Waals surface area contributed by atoms with Crippen LogP contribution in [0.4, 0.5) is 4.39 Å². The topological polar surface area (TPSA) is 81.2 Å². The van der Waals surface area contributed by atoms with E-state index in [0.717, 1.165) is 5.69 Å². The van der Waals surface area contributed by atoms with Gasteiger partial charge in [-0.25, -0.2) is 9.37 Å². The van der Waals surface area contributed by atoms with Crippen molar-refractivity contribution >= 4 is 5.91 Å². The minimum atomic E-state index is -0.303. The molecule has 0 saturated carbocycles. The van der Waals surface area contributed by atoms with Crippen molar-refractivity contribution in [2.45, 2.75) is 12.8 Å². The minimum absolute atomic E-state index is 0.0743. The number of carbonyl (C=O) groups excluding carboxylic acids is 1. The number of rotatable bonds is 6. The Kier molecular flexibility index (Phi) is 4.84. The molecule has 0 radical (unpaired) electrons. The first-order valence-electron chi connectivity index (χ1n) is 6.36. The molecule has 2 aromatic rings. The van der Waals surface area contributed by atoms with Gasteiger partial charge in [0.05, 0.1) is 5.69 Å². The first kappa shape index (κ1) is 14.2. The normalized spacial score (nSPS) is 10.5. The van der Waals surface area contributed by atoms with Crippen molar-refractivity contribution in [3.05, 3.63) is 42.0 Å². The summed E-state index contributed by atoms with van der Waals surface area (Å²) in [5, 5.41) is 2.74. The second kappa shape index (κ2) is 6.81. The molecule has 5 nitrogen and oxygen atoms in total. The molecule has 3 N–H and O–H groups in total. The summed E-state index contributed by atoms with van der Waals surface area (Å²) in [5.74, 6) is 0.0613. The van der Waals surface area contributed by atoms with Crippen molar-refractivity contribution in [2.75, 3.05) is 13.1 Å². The molecule has 0 fully saturated rings. The first-order valence-corrected chi connectivity index (χ1v) is 6.36. The second-order valence-corrected chi connectivity index (χ2v) is 4.29. The average molecular weight is 277 g/mol. The van der Waals surface area contributed by atoms with Gasteiger partial charge in [-0.15, -0.1) is 0 Å². The van der Waals surface area contributed by atoms with Gasteiger partial charge in [0.1, 0.15) is 12.1 Å². The lowest BCUT2D eigenvalue weighted by molar-refractivity contribution is -0.120. The number of aromatic nitrogens is 1. The molecule has 20 heavy (non-hydrogen) atoms. The molecule has 1 aromatic heterocycles. The number of benzene rings is 1. The summed E-state index contributed by atoms with van der Waals surface area (Å²) in [4.78, 5) is 15.5. The van der Waals surface area contributed by atoms with E-state index in [1.807, 2.05) is 0 Å². The van der Waals surface area contributed by atoms with Gasteiger partial charge in [-0.3, -0.25) is 4.79 Å². The van der Waals surface area contributed by atoms with Gasteiger partial charge in [0.2, 0.25) is 11.8 Å². The highest BCUT2D eigenvalue weighted by Crippen LogP contribution is 2.18. The fourth-order valence-corrected chi connectivity index (χ4v) is 1.70. The Bertz CT molecular complexity index is 566. The first-order chi connectivity index (χ1) is 9.69. The minimum Gasteiger partial charge on any atom is -0.444 e. The quantitative estimate of drug-likeness (QED) is 0.838. The number of nitrogens with one attached hydrogen (secondary N) is 1. The summed E-state index contributed by atoms with van der Waals surface area (Å²) in [6.45, 7) is 0.818. The lowest BCUT2D eigenvalue weighted by Crippen LogP contribution is -2.27. The zero-order valence-corrected chi connectivity index (χ0v) is 10.9. The summed E-state index contributed by atoms with van der Waals surface area (Å²) in [6, 6.07) is 5.92. The Balaban J connectivity index is 1.89. The van der Waals surface area contributed by atoms with Crippen molar-refractivity contribution in [2.24, 2.45) is 5.73 Å². The maximum absolute atomic E-state index is 12.8. The summed E-state index contributed by atoms with van der Waals surface area (Å²) in [6.07, 6.45) is 2.43. The van der Waals surface area contributed by atoms with Gasteiger partial charge in [0.25, 0.3) is 0 Å². The van der Waals surface area contributed by atoms with Crippen LogP contribution in [0.5, 0.6) is 0 Å². The molecule has 2 rings (SSSR count). The fourth-order valence-electron chi connectivity index (χ4n) is 1.70. The summed E-state index contributed by atoms with van der Waals surface area (Å²) in [7, 11) is 0. The van der Waals surface area contributed by atoms with E-state index >= 15 is 0 Å². The summed E-state index contributed by atoms with van der Waals surface area (Å²) in [5.41, 5.74) is 6.72. The lowest BCUT2D eigenvalue weighted by Gasteiger charge is -2.01. The van der Waals surface area contributed by atoms with E-state index in [-0.39, 0.29) is 11.7 Å². The van der Waals surface area contributed by atoms with Crippen LogP contribution in [0, 0.1) is 5.82 Å². The molecule has 0 spiro atoms. The van der Waals surface area contributed by atoms with Crippen LogP contribution in [-0.4, -0.2) is 24.0 Å². The van der Waals surface area contributed by atoms with E-state index < -0.39 is 0 Å². The number of halogens is 1. The number of nitrogens with two attached hydrogens (primary N) is 1. The van der Waals surface area contributed by atoms with Gasteiger partial charge in [-0.2, -0.15) is 0 Å². The maximum atomic E-state index is 12.8. The number of hydrogen-bond acceptors (Lipinski definition) is 4. The Hall–Kier alpha value is -2.21. The average Bonchev–Trinajstić information content (AvgIpc) is 2.89. The van der Waals surface area contributed by atoms with E-state index in [0.29, 0.717) is 37.4 Å². The van der Waals surface area contributed by atoms with Gasteiger partial charge in [-0.1, -0.05) is 0 Å². The highest BCUT2D eigenvalue weighted by molar-refractivity contribution is 5.75. The monoisotopic (exact) mass is 277 g/mol. The van der Waals surface area contributed by atoms with E-state index in [4.69, 9.17) is 10.2 Å². The highest BCUT2D eigenvalue weighted by atomic mass is 19.1. The number of amides is 1. The third-order valence-corrected chi connectivity index (χ3v) is 2.72. The third kappa shape index (κ3) is 3.89. The molecular formula is C14H16FN3O2. The predicted octanol–water partition coefficient (Wildman–Crippen LogP) is 1.49. The molecule has 0 aliphatic carbocycles. The van der Waals surface area contributed by atoms with Crippen molar-refractivity contribution in [3.8, 4) is 11.5 Å². The largest absolute Gasteiger partial charge is 0.444 e. The van der Waals surface area contributed by atoms with Crippen molar-refractivity contribution < 1.29 is 13.6 Å². The second-order valence-electron chi connectivity index (χ2n) is 4.29. The van der Waals surface area contributed by atoms with Crippen LogP contribution >= 0.6 is 0 Å². The number of carbonyl (C=O) groups is 1. The smallest absolute Gasteiger partial charge is 0.226 e. The van der Waals surface area contributed by atoms with Crippen LogP contribution in [0.3, 0.4) is 0 Å². The molecule has 106 valence electrons. The van der Waals surface area contributed by atoms with Gasteiger partial charge in [-0.05, 0) is 24.3 Å². The molecule has 0 bridgehead atoms. The zero-order valence-electron chi connectivity index (χ0n) is 10.9. The van der Waals surface area contributed by atoms with E-state index in [1.54, 1.807) is 12.1 Å². The highest BCUT2D eigenvalue weighted by Gasteiger charge is 2.07. The van der Waals surface area contributed by atoms with E-state index in [2.05, 4.69) is 10.3 Å². The molecule has 0 unspecified atom stereocenters. The van der Waals surface area contributed by atoms with Gasteiger partial charge in [0, 0.05) is 31.5 Å². The van der Waals surface area contributed by atoms with E-state index in [1.165, 1.54) is 18.4 Å². The number of nitrogens with zero attached hydrogens (tertiary/aromatic N) is 1. The fraction of sp³-hybridized carbons (Fsp3) is 0.286. The van der Waals surface area contributed by atoms with Gasteiger partial charge < -0.3 is 15.5 Å². The predicted molar refractivity (Wildman–Crippen MR) is 72.3 cm³/mol. The Morgan fingerprint density at radius 1 is 1.35 bits per heavy atom. The van der Waals surface area contributed by atoms with Crippen LogP contribution in [-0.2, 0) is 11.2 Å². The molecule has 0 saturated heterocycles. The summed E-state index contributed by atoms with van der Waals surface area (Å²) < 4.78 is 18.1. The maximum Gasteiger partial charge on any atom is 0.226 e. The molecule has 0 aliphatic heterocycles. The van der Waals surface area contributed by atoms with Crippen molar-refractivity contribution in [1.29, 1.82) is 0 Å². The molecular weight excluding hydrogens is 261 g/mol. The van der Waals surface area contributed by atoms with Gasteiger partial charge in [0.15, 0.2) is 0 Å². The molecule has 1 amide bonds. The van der Waals surface area contributed by atoms with Crippen LogP contribution in [0.25, 0.3) is 11.5 Å². The van der Waals surface area contributed by atoms with E-state index in [9.17, 15) is 9.18 Å². The molecule has 0 aliphatic rings. The molecule has 1 aromatic carbocycles. The number of hydrogen-bond donors (Lipinski definition) is 2. The zero-order chi connectivity index (χ0) is 14.4. The SMILES string of the molecule is NCCC(=O)NCCc1coc(-c2ccc(F)cc2)n1. The molecule has 0 atom stereocenters. The third-order valence-electron chi connectivity index (χ3n) is 2.72. The Labute approximate surface area is 116 Å². The number of oxazole rings is 1. The van der Waals surface area contributed by atoms with Crippen LogP contribution < -0.4 is 11.1 Å². The van der Waals surface area contributed by atoms with Crippen molar-refractivity contribution in [1.82, 2.24) is 10.3 Å². The molecule has 1 heterocycles. The van der Waals surface area contributed by atoms with Crippen LogP contribution in [0.2, 0.25) is 0 Å². The lowest BCUT2D eigenvalue weighted by atomic mass is 10.2. The van der Waals surface area contributed by atoms with Crippen LogP contribution in [0.1, 0.15) is 12.1 Å².